The van der Waals surface area contributed by atoms with Crippen molar-refractivity contribution in [3.8, 4) is 78.7 Å². The number of aromatic nitrogens is 3. The first-order valence-electron chi connectivity index (χ1n) is 21.1. The van der Waals surface area contributed by atoms with E-state index in [-0.39, 0.29) is 0 Å². The van der Waals surface area contributed by atoms with Crippen LogP contribution in [0, 0.1) is 0 Å². The number of hydrogen-bond acceptors (Lipinski definition) is 4. The molecule has 2 aliphatic carbocycles. The lowest BCUT2D eigenvalue weighted by molar-refractivity contribution is 0.669. The second kappa shape index (κ2) is 13.4. The fourth-order valence-corrected chi connectivity index (χ4v) is 10.4. The van der Waals surface area contributed by atoms with Crippen molar-refractivity contribution in [1.82, 2.24) is 15.0 Å². The van der Waals surface area contributed by atoms with Gasteiger partial charge in [0.15, 0.2) is 17.5 Å². The molecule has 2 aliphatic rings. The summed E-state index contributed by atoms with van der Waals surface area (Å²) in [5.74, 6) is 1.80. The van der Waals surface area contributed by atoms with Crippen molar-refractivity contribution in [2.75, 3.05) is 0 Å². The van der Waals surface area contributed by atoms with E-state index in [1.165, 1.54) is 55.6 Å². The third-order valence-electron chi connectivity index (χ3n) is 13.0. The summed E-state index contributed by atoms with van der Waals surface area (Å²) in [6, 6.07) is 75.8. The van der Waals surface area contributed by atoms with Gasteiger partial charge < -0.3 is 4.42 Å². The van der Waals surface area contributed by atoms with Crippen molar-refractivity contribution < 1.29 is 4.42 Å². The topological polar surface area (TPSA) is 51.8 Å². The van der Waals surface area contributed by atoms with Crippen LogP contribution in [0.1, 0.15) is 22.3 Å². The van der Waals surface area contributed by atoms with E-state index in [1.54, 1.807) is 0 Å². The monoisotopic (exact) mass is 789 g/mol. The summed E-state index contributed by atoms with van der Waals surface area (Å²) in [6.07, 6.45) is 0. The van der Waals surface area contributed by atoms with Gasteiger partial charge in [0.2, 0.25) is 0 Å². The molecule has 0 bridgehead atoms. The highest BCUT2D eigenvalue weighted by atomic mass is 16.3. The van der Waals surface area contributed by atoms with Gasteiger partial charge in [0, 0.05) is 27.5 Å². The minimum atomic E-state index is -0.571. The number of furan rings is 1. The average molecular weight is 790 g/mol. The van der Waals surface area contributed by atoms with Gasteiger partial charge in [0.25, 0.3) is 0 Å². The van der Waals surface area contributed by atoms with Crippen LogP contribution >= 0.6 is 0 Å². The molecule has 0 aliphatic heterocycles. The maximum absolute atomic E-state index is 6.37. The predicted molar refractivity (Wildman–Crippen MR) is 251 cm³/mol. The SMILES string of the molecule is c1ccc(-c2ccccc2-c2nc(-c3ccc4c(c3)-c3ccccc3C43c4ccccc4-c4ccccc4-c4ccccc43)nc(-c3cccc4oc5ccccc5c34)n2)cc1. The van der Waals surface area contributed by atoms with Gasteiger partial charge in [0.05, 0.1) is 5.41 Å². The lowest BCUT2D eigenvalue weighted by Gasteiger charge is -2.35. The maximum Gasteiger partial charge on any atom is 0.164 e. The molecule has 0 unspecified atom stereocenters. The third-order valence-corrected chi connectivity index (χ3v) is 13.0. The normalized spacial score (nSPS) is 13.0. The molecule has 4 heteroatoms. The van der Waals surface area contributed by atoms with Crippen LogP contribution in [-0.4, -0.2) is 15.0 Å². The van der Waals surface area contributed by atoms with Gasteiger partial charge in [-0.3, -0.25) is 0 Å². The molecule has 0 N–H and O–H groups in total. The van der Waals surface area contributed by atoms with Crippen LogP contribution in [-0.2, 0) is 5.41 Å². The second-order valence-corrected chi connectivity index (χ2v) is 16.2. The van der Waals surface area contributed by atoms with Gasteiger partial charge in [-0.25, -0.2) is 15.0 Å². The van der Waals surface area contributed by atoms with Gasteiger partial charge in [-0.15, -0.1) is 0 Å². The summed E-state index contributed by atoms with van der Waals surface area (Å²) < 4.78 is 6.37. The Morgan fingerprint density at radius 1 is 0.290 bits per heavy atom. The molecule has 0 saturated carbocycles. The van der Waals surface area contributed by atoms with Crippen molar-refractivity contribution in [2.45, 2.75) is 5.41 Å². The maximum atomic E-state index is 6.37. The summed E-state index contributed by atoms with van der Waals surface area (Å²) in [6.45, 7) is 0. The molecular formula is C58H35N3O. The van der Waals surface area contributed by atoms with E-state index in [1.807, 2.05) is 36.4 Å². The van der Waals surface area contributed by atoms with E-state index in [9.17, 15) is 0 Å². The van der Waals surface area contributed by atoms with Crippen LogP contribution in [0.3, 0.4) is 0 Å². The number of nitrogens with zero attached hydrogens (tertiary/aromatic N) is 3. The van der Waals surface area contributed by atoms with Gasteiger partial charge in [-0.1, -0.05) is 194 Å². The summed E-state index contributed by atoms with van der Waals surface area (Å²) in [7, 11) is 0. The number of benzene rings is 9. The standard InChI is InChI=1S/C58H35N3O/c1-2-17-36(18-3-1)38-19-4-7-25-44(38)56-59-55(60-57(61-56)46-27-16-32-53-54(46)45-26-11-15-31-52(45)62-53)37-33-34-51-47(35-37)43-24-10-14-30-50(43)58(51)48-28-12-8-22-41(48)39-20-5-6-21-40(39)42-23-9-13-29-49(42)58/h1-35H. The van der Waals surface area contributed by atoms with Crippen molar-refractivity contribution >= 4 is 21.9 Å². The Balaban J connectivity index is 1.08. The second-order valence-electron chi connectivity index (χ2n) is 16.2. The first kappa shape index (κ1) is 34.6. The fraction of sp³-hybridized carbons (Fsp3) is 0.0172. The van der Waals surface area contributed by atoms with Crippen LogP contribution in [0.2, 0.25) is 0 Å². The summed E-state index contributed by atoms with van der Waals surface area (Å²) in [5.41, 5.74) is 18.4. The first-order chi connectivity index (χ1) is 30.8. The molecule has 2 aromatic heterocycles. The number of hydrogen-bond donors (Lipinski definition) is 0. The van der Waals surface area contributed by atoms with Crippen LogP contribution in [0.25, 0.3) is 101 Å². The molecule has 0 atom stereocenters. The van der Waals surface area contributed by atoms with Gasteiger partial charge in [-0.2, -0.15) is 0 Å². The van der Waals surface area contributed by atoms with E-state index >= 15 is 0 Å². The molecule has 11 aromatic rings. The molecule has 0 radical (unpaired) electrons. The molecule has 0 saturated heterocycles. The van der Waals surface area contributed by atoms with Gasteiger partial charge in [-0.05, 0) is 85.0 Å². The summed E-state index contributed by atoms with van der Waals surface area (Å²) >= 11 is 0. The quantitative estimate of drug-likeness (QED) is 0.178. The minimum Gasteiger partial charge on any atom is -0.456 e. The lowest BCUT2D eigenvalue weighted by atomic mass is 9.66. The smallest absolute Gasteiger partial charge is 0.164 e. The number of para-hydroxylation sites is 1. The largest absolute Gasteiger partial charge is 0.456 e. The minimum absolute atomic E-state index is 0.571. The Hall–Kier alpha value is -8.21. The Morgan fingerprint density at radius 3 is 1.44 bits per heavy atom. The van der Waals surface area contributed by atoms with E-state index < -0.39 is 5.41 Å². The molecule has 13 rings (SSSR count). The molecule has 2 heterocycles. The first-order valence-corrected chi connectivity index (χ1v) is 21.1. The Labute approximate surface area is 358 Å². The van der Waals surface area contributed by atoms with Gasteiger partial charge >= 0.3 is 0 Å². The average Bonchev–Trinajstić information content (AvgIpc) is 3.84. The molecule has 62 heavy (non-hydrogen) atoms. The van der Waals surface area contributed by atoms with Crippen molar-refractivity contribution in [1.29, 1.82) is 0 Å². The van der Waals surface area contributed by atoms with Crippen molar-refractivity contribution in [2.24, 2.45) is 0 Å². The Bertz CT molecular complexity index is 3540. The highest BCUT2D eigenvalue weighted by Crippen LogP contribution is 2.61. The third kappa shape index (κ3) is 4.92. The van der Waals surface area contributed by atoms with Gasteiger partial charge in [0.1, 0.15) is 11.2 Å². The van der Waals surface area contributed by atoms with E-state index in [0.717, 1.165) is 49.8 Å². The Morgan fingerprint density at radius 2 is 0.758 bits per heavy atom. The zero-order valence-electron chi connectivity index (χ0n) is 33.5. The van der Waals surface area contributed by atoms with Crippen LogP contribution in [0.4, 0.5) is 0 Å². The van der Waals surface area contributed by atoms with E-state index in [2.05, 4.69) is 176 Å². The number of fused-ring (bicyclic) bond motifs is 15. The molecular weight excluding hydrogens is 755 g/mol. The van der Waals surface area contributed by atoms with E-state index in [0.29, 0.717) is 17.5 Å². The fourth-order valence-electron chi connectivity index (χ4n) is 10.4. The van der Waals surface area contributed by atoms with Crippen LogP contribution in [0.15, 0.2) is 217 Å². The highest BCUT2D eigenvalue weighted by Gasteiger charge is 2.49. The lowest BCUT2D eigenvalue weighted by Crippen LogP contribution is -2.29. The zero-order valence-corrected chi connectivity index (χ0v) is 33.5. The molecule has 0 fully saturated rings. The Kier molecular flexibility index (Phi) is 7.49. The highest BCUT2D eigenvalue weighted by molar-refractivity contribution is 6.12. The number of rotatable bonds is 4. The van der Waals surface area contributed by atoms with Crippen molar-refractivity contribution in [3.05, 3.63) is 235 Å². The van der Waals surface area contributed by atoms with Crippen LogP contribution in [0.5, 0.6) is 0 Å². The zero-order chi connectivity index (χ0) is 40.8. The van der Waals surface area contributed by atoms with E-state index in [4.69, 9.17) is 19.4 Å². The van der Waals surface area contributed by atoms with Crippen molar-refractivity contribution in [3.63, 3.8) is 0 Å². The van der Waals surface area contributed by atoms with Crippen LogP contribution < -0.4 is 0 Å². The summed E-state index contributed by atoms with van der Waals surface area (Å²) in [4.78, 5) is 16.1. The summed E-state index contributed by atoms with van der Waals surface area (Å²) in [5, 5.41) is 2.01. The molecule has 9 aromatic carbocycles. The molecule has 0 amide bonds. The molecule has 4 nitrogen and oxygen atoms in total. The predicted octanol–water partition coefficient (Wildman–Crippen LogP) is 14.4. The molecule has 1 spiro atoms. The molecule has 288 valence electrons.